The second kappa shape index (κ2) is 6.54. The lowest BCUT2D eigenvalue weighted by atomic mass is 10.2. The van der Waals surface area contributed by atoms with Gasteiger partial charge in [-0.25, -0.2) is 9.97 Å². The molecule has 1 aromatic heterocycles. The molecule has 0 saturated carbocycles. The number of aromatic nitrogens is 2. The summed E-state index contributed by atoms with van der Waals surface area (Å²) in [5.41, 5.74) is 6.87. The van der Waals surface area contributed by atoms with Crippen molar-refractivity contribution in [3.05, 3.63) is 11.4 Å². The van der Waals surface area contributed by atoms with Gasteiger partial charge in [-0.2, -0.15) is 0 Å². The minimum atomic E-state index is 0.188. The zero-order valence-electron chi connectivity index (χ0n) is 11.8. The monoisotopic (exact) mass is 252 g/mol. The molecule has 0 aromatic carbocycles. The van der Waals surface area contributed by atoms with E-state index in [1.54, 1.807) is 0 Å². The van der Waals surface area contributed by atoms with Crippen LogP contribution in [0.25, 0.3) is 0 Å². The van der Waals surface area contributed by atoms with Crippen molar-refractivity contribution in [3.63, 3.8) is 0 Å². The van der Waals surface area contributed by atoms with E-state index in [4.69, 9.17) is 10.8 Å². The van der Waals surface area contributed by atoms with Crippen LogP contribution in [0.15, 0.2) is 0 Å². The topological polar surface area (TPSA) is 75.3 Å². The predicted molar refractivity (Wildman–Crippen MR) is 74.9 cm³/mol. The minimum Gasteiger partial charge on any atom is -0.396 e. The van der Waals surface area contributed by atoms with Gasteiger partial charge in [0.05, 0.1) is 0 Å². The lowest BCUT2D eigenvalue weighted by Crippen LogP contribution is -2.27. The number of aliphatic hydroxyl groups excluding tert-OH is 1. The van der Waals surface area contributed by atoms with E-state index < -0.39 is 0 Å². The van der Waals surface area contributed by atoms with Crippen molar-refractivity contribution in [1.82, 2.24) is 9.97 Å². The van der Waals surface area contributed by atoms with Crippen molar-refractivity contribution in [3.8, 4) is 0 Å². The Kier molecular flexibility index (Phi) is 5.34. The van der Waals surface area contributed by atoms with E-state index in [-0.39, 0.29) is 12.5 Å². The molecule has 0 atom stereocenters. The van der Waals surface area contributed by atoms with Crippen LogP contribution in [0.2, 0.25) is 0 Å². The normalized spacial score (nSPS) is 11.0. The molecule has 0 aliphatic heterocycles. The SMILES string of the molecule is CCN(CCCO)c1nc(C(C)C)nc(N)c1C. The molecular weight excluding hydrogens is 228 g/mol. The molecule has 1 aromatic rings. The molecule has 0 amide bonds. The Morgan fingerprint density at radius 3 is 2.50 bits per heavy atom. The molecule has 0 fully saturated rings. The van der Waals surface area contributed by atoms with Crippen LogP contribution in [-0.2, 0) is 0 Å². The molecule has 0 aliphatic rings. The highest BCUT2D eigenvalue weighted by Crippen LogP contribution is 2.24. The summed E-state index contributed by atoms with van der Waals surface area (Å²) in [6.07, 6.45) is 0.730. The van der Waals surface area contributed by atoms with Crippen molar-refractivity contribution < 1.29 is 5.11 Å². The smallest absolute Gasteiger partial charge is 0.137 e. The van der Waals surface area contributed by atoms with Gasteiger partial charge in [0.2, 0.25) is 0 Å². The Labute approximate surface area is 109 Å². The summed E-state index contributed by atoms with van der Waals surface area (Å²) in [4.78, 5) is 11.1. The van der Waals surface area contributed by atoms with E-state index >= 15 is 0 Å². The summed E-state index contributed by atoms with van der Waals surface area (Å²) in [7, 11) is 0. The summed E-state index contributed by atoms with van der Waals surface area (Å²) in [5, 5.41) is 8.94. The molecule has 18 heavy (non-hydrogen) atoms. The zero-order chi connectivity index (χ0) is 13.7. The first kappa shape index (κ1) is 14.7. The molecular formula is C13H24N4O. The highest BCUT2D eigenvalue weighted by atomic mass is 16.3. The molecule has 0 spiro atoms. The Morgan fingerprint density at radius 2 is 2.00 bits per heavy atom. The van der Waals surface area contributed by atoms with Gasteiger partial charge < -0.3 is 15.7 Å². The van der Waals surface area contributed by atoms with Crippen LogP contribution in [0.3, 0.4) is 0 Å². The maximum Gasteiger partial charge on any atom is 0.137 e. The van der Waals surface area contributed by atoms with Crippen LogP contribution in [-0.4, -0.2) is 34.8 Å². The number of aliphatic hydroxyl groups is 1. The van der Waals surface area contributed by atoms with Crippen molar-refractivity contribution in [2.75, 3.05) is 30.3 Å². The zero-order valence-corrected chi connectivity index (χ0v) is 11.8. The predicted octanol–water partition coefficient (Wildman–Crippen LogP) is 1.70. The second-order valence-electron chi connectivity index (χ2n) is 4.73. The van der Waals surface area contributed by atoms with Crippen LogP contribution < -0.4 is 10.6 Å². The number of hydrogen-bond donors (Lipinski definition) is 2. The van der Waals surface area contributed by atoms with Gasteiger partial charge in [0.1, 0.15) is 17.5 Å². The van der Waals surface area contributed by atoms with E-state index in [1.807, 2.05) is 6.92 Å². The fourth-order valence-corrected chi connectivity index (χ4v) is 1.78. The van der Waals surface area contributed by atoms with Crippen molar-refractivity contribution in [2.24, 2.45) is 0 Å². The molecule has 0 aliphatic carbocycles. The van der Waals surface area contributed by atoms with Gasteiger partial charge in [-0.05, 0) is 20.3 Å². The maximum atomic E-state index is 8.94. The highest BCUT2D eigenvalue weighted by Gasteiger charge is 2.15. The quantitative estimate of drug-likeness (QED) is 0.806. The number of nitrogens with two attached hydrogens (primary N) is 1. The largest absolute Gasteiger partial charge is 0.396 e. The molecule has 3 N–H and O–H groups in total. The van der Waals surface area contributed by atoms with Crippen molar-refractivity contribution >= 4 is 11.6 Å². The first-order valence-electron chi connectivity index (χ1n) is 6.51. The van der Waals surface area contributed by atoms with Crippen LogP contribution in [0, 0.1) is 6.92 Å². The fourth-order valence-electron chi connectivity index (χ4n) is 1.78. The number of nitrogens with zero attached hydrogens (tertiary/aromatic N) is 3. The number of rotatable bonds is 6. The van der Waals surface area contributed by atoms with Gasteiger partial charge in [0.25, 0.3) is 0 Å². The molecule has 0 bridgehead atoms. The average Bonchev–Trinajstić information content (AvgIpc) is 2.34. The molecule has 5 nitrogen and oxygen atoms in total. The van der Waals surface area contributed by atoms with E-state index in [0.29, 0.717) is 5.82 Å². The van der Waals surface area contributed by atoms with E-state index in [0.717, 1.165) is 36.7 Å². The summed E-state index contributed by atoms with van der Waals surface area (Å²) < 4.78 is 0. The standard InChI is InChI=1S/C13H24N4O/c1-5-17(7-6-8-18)13-10(4)11(14)15-12(16-13)9(2)3/h9,18H,5-8H2,1-4H3,(H2,14,15,16). The van der Waals surface area contributed by atoms with Gasteiger partial charge in [0, 0.05) is 31.2 Å². The lowest BCUT2D eigenvalue weighted by Gasteiger charge is -2.24. The van der Waals surface area contributed by atoms with E-state index in [9.17, 15) is 0 Å². The molecule has 0 saturated heterocycles. The van der Waals surface area contributed by atoms with Crippen LogP contribution >= 0.6 is 0 Å². The fraction of sp³-hybridized carbons (Fsp3) is 0.692. The summed E-state index contributed by atoms with van der Waals surface area (Å²) in [6, 6.07) is 0. The number of hydrogen-bond acceptors (Lipinski definition) is 5. The number of nitrogen functional groups attached to an aromatic ring is 1. The summed E-state index contributed by atoms with van der Waals surface area (Å²) >= 11 is 0. The first-order chi connectivity index (χ1) is 8.51. The minimum absolute atomic E-state index is 0.188. The van der Waals surface area contributed by atoms with E-state index in [1.165, 1.54) is 0 Å². The Morgan fingerprint density at radius 1 is 1.33 bits per heavy atom. The van der Waals surface area contributed by atoms with Crippen LogP contribution in [0.4, 0.5) is 11.6 Å². The Balaban J connectivity index is 3.11. The van der Waals surface area contributed by atoms with Gasteiger partial charge in [-0.3, -0.25) is 0 Å². The third-order valence-electron chi connectivity index (χ3n) is 2.96. The average molecular weight is 252 g/mol. The van der Waals surface area contributed by atoms with Gasteiger partial charge in [0.15, 0.2) is 0 Å². The molecule has 1 rings (SSSR count). The van der Waals surface area contributed by atoms with Crippen LogP contribution in [0.5, 0.6) is 0 Å². The van der Waals surface area contributed by atoms with Gasteiger partial charge in [-0.1, -0.05) is 13.8 Å². The van der Waals surface area contributed by atoms with Crippen molar-refractivity contribution in [2.45, 2.75) is 40.0 Å². The van der Waals surface area contributed by atoms with E-state index in [2.05, 4.69) is 35.6 Å². The number of anilines is 2. The molecule has 1 heterocycles. The maximum absolute atomic E-state index is 8.94. The Hall–Kier alpha value is -1.36. The Bertz CT molecular complexity index is 393. The molecule has 5 heteroatoms. The summed E-state index contributed by atoms with van der Waals surface area (Å²) in [5.74, 6) is 2.46. The lowest BCUT2D eigenvalue weighted by molar-refractivity contribution is 0.289. The molecule has 0 radical (unpaired) electrons. The third-order valence-corrected chi connectivity index (χ3v) is 2.96. The third kappa shape index (κ3) is 3.32. The van der Waals surface area contributed by atoms with Gasteiger partial charge in [-0.15, -0.1) is 0 Å². The summed E-state index contributed by atoms with van der Waals surface area (Å²) in [6.45, 7) is 9.93. The second-order valence-corrected chi connectivity index (χ2v) is 4.73. The molecule has 102 valence electrons. The van der Waals surface area contributed by atoms with Crippen molar-refractivity contribution in [1.29, 1.82) is 0 Å². The van der Waals surface area contributed by atoms with Crippen LogP contribution in [0.1, 0.15) is 44.5 Å². The highest BCUT2D eigenvalue weighted by molar-refractivity contribution is 5.56. The van der Waals surface area contributed by atoms with Gasteiger partial charge >= 0.3 is 0 Å². The molecule has 0 unspecified atom stereocenters. The first-order valence-corrected chi connectivity index (χ1v) is 6.51.